The molecule has 0 bridgehead atoms. The molecule has 1 fully saturated rings. The molecule has 0 aromatic carbocycles. The van der Waals surface area contributed by atoms with Crippen molar-refractivity contribution in [1.29, 1.82) is 0 Å². The molecule has 1 heterocycles. The Labute approximate surface area is 139 Å². The summed E-state index contributed by atoms with van der Waals surface area (Å²) in [6.45, 7) is 6.23. The maximum absolute atomic E-state index is 5.75. The van der Waals surface area contributed by atoms with E-state index in [2.05, 4.69) is 13.8 Å². The van der Waals surface area contributed by atoms with Gasteiger partial charge in [-0.2, -0.15) is 0 Å². The van der Waals surface area contributed by atoms with Gasteiger partial charge in [-0.25, -0.2) is 0 Å². The van der Waals surface area contributed by atoms with E-state index in [-0.39, 0.29) is 0 Å². The van der Waals surface area contributed by atoms with Crippen LogP contribution in [0.15, 0.2) is 0 Å². The molecule has 0 spiro atoms. The first kappa shape index (κ1) is 20.0. The predicted molar refractivity (Wildman–Crippen MR) is 95.5 cm³/mol. The SMILES string of the molecule is CCCCCCCCCCCCCCCCO[C@@H](C)[C@H]1CO1. The standard InChI is InChI=1S/C20H40O2/c1-3-4-5-6-7-8-9-10-11-12-13-14-15-16-17-21-19(2)20-18-22-20/h19-20H,3-18H2,1-2H3/t19-,20+/m0/s1. The Morgan fingerprint density at radius 3 is 1.59 bits per heavy atom. The summed E-state index contributed by atoms with van der Waals surface area (Å²) >= 11 is 0. The minimum atomic E-state index is 0.307. The van der Waals surface area contributed by atoms with E-state index in [9.17, 15) is 0 Å². The number of ether oxygens (including phenoxy) is 2. The summed E-state index contributed by atoms with van der Waals surface area (Å²) in [5, 5.41) is 0. The van der Waals surface area contributed by atoms with Crippen LogP contribution in [0.4, 0.5) is 0 Å². The first-order valence-corrected chi connectivity index (χ1v) is 10.1. The molecule has 2 nitrogen and oxygen atoms in total. The second kappa shape index (κ2) is 14.5. The fourth-order valence-electron chi connectivity index (χ4n) is 3.00. The van der Waals surface area contributed by atoms with Crippen LogP contribution in [0.25, 0.3) is 0 Å². The molecule has 0 aromatic rings. The third-order valence-corrected chi connectivity index (χ3v) is 4.76. The van der Waals surface area contributed by atoms with E-state index < -0.39 is 0 Å². The molecule has 1 rings (SSSR count). The van der Waals surface area contributed by atoms with E-state index in [1.54, 1.807) is 0 Å². The molecule has 2 heteroatoms. The molecular formula is C20H40O2. The fraction of sp³-hybridized carbons (Fsp3) is 1.00. The minimum absolute atomic E-state index is 0.307. The van der Waals surface area contributed by atoms with Gasteiger partial charge in [-0.1, -0.05) is 90.4 Å². The zero-order valence-corrected chi connectivity index (χ0v) is 15.3. The van der Waals surface area contributed by atoms with Crippen LogP contribution in [0.2, 0.25) is 0 Å². The van der Waals surface area contributed by atoms with Gasteiger partial charge in [0, 0.05) is 6.61 Å². The molecule has 1 aliphatic rings. The minimum Gasteiger partial charge on any atom is -0.376 e. The van der Waals surface area contributed by atoms with E-state index in [4.69, 9.17) is 9.47 Å². The topological polar surface area (TPSA) is 21.8 Å². The maximum Gasteiger partial charge on any atom is 0.107 e. The third-order valence-electron chi connectivity index (χ3n) is 4.76. The Morgan fingerprint density at radius 2 is 1.18 bits per heavy atom. The normalized spacial score (nSPS) is 18.5. The lowest BCUT2D eigenvalue weighted by Gasteiger charge is -2.09. The van der Waals surface area contributed by atoms with Crippen LogP contribution in [0.5, 0.6) is 0 Å². The Balaban J connectivity index is 1.64. The van der Waals surface area contributed by atoms with Gasteiger partial charge in [0.25, 0.3) is 0 Å². The number of rotatable bonds is 17. The predicted octanol–water partition coefficient (Wildman–Crippen LogP) is 6.27. The molecule has 132 valence electrons. The van der Waals surface area contributed by atoms with Crippen LogP contribution in [-0.2, 0) is 9.47 Å². The van der Waals surface area contributed by atoms with Crippen molar-refractivity contribution in [2.75, 3.05) is 13.2 Å². The molecule has 0 radical (unpaired) electrons. The van der Waals surface area contributed by atoms with E-state index in [1.165, 1.54) is 89.9 Å². The summed E-state index contributed by atoms with van der Waals surface area (Å²) in [6.07, 6.45) is 20.5. The summed E-state index contributed by atoms with van der Waals surface area (Å²) < 4.78 is 11.0. The van der Waals surface area contributed by atoms with Crippen molar-refractivity contribution in [1.82, 2.24) is 0 Å². The monoisotopic (exact) mass is 312 g/mol. The average molecular weight is 313 g/mol. The van der Waals surface area contributed by atoms with Gasteiger partial charge < -0.3 is 9.47 Å². The van der Waals surface area contributed by atoms with Gasteiger partial charge in [-0.15, -0.1) is 0 Å². The molecule has 2 atom stereocenters. The van der Waals surface area contributed by atoms with E-state index in [0.717, 1.165) is 13.2 Å². The highest BCUT2D eigenvalue weighted by atomic mass is 16.6. The first-order valence-electron chi connectivity index (χ1n) is 10.1. The first-order chi connectivity index (χ1) is 10.8. The second-order valence-electron chi connectivity index (χ2n) is 7.04. The van der Waals surface area contributed by atoms with Crippen molar-refractivity contribution in [3.8, 4) is 0 Å². The lowest BCUT2D eigenvalue weighted by atomic mass is 10.0. The van der Waals surface area contributed by atoms with E-state index >= 15 is 0 Å². The summed E-state index contributed by atoms with van der Waals surface area (Å²) in [6, 6.07) is 0. The van der Waals surface area contributed by atoms with Gasteiger partial charge in [0.2, 0.25) is 0 Å². The van der Waals surface area contributed by atoms with Crippen molar-refractivity contribution in [3.05, 3.63) is 0 Å². The number of epoxide rings is 1. The second-order valence-corrected chi connectivity index (χ2v) is 7.04. The number of unbranched alkanes of at least 4 members (excludes halogenated alkanes) is 13. The van der Waals surface area contributed by atoms with Crippen molar-refractivity contribution < 1.29 is 9.47 Å². The van der Waals surface area contributed by atoms with Crippen molar-refractivity contribution in [2.45, 2.75) is 116 Å². The molecule has 0 aromatic heterocycles. The molecule has 1 aliphatic heterocycles. The maximum atomic E-state index is 5.75. The van der Waals surface area contributed by atoms with Crippen LogP contribution in [0.3, 0.4) is 0 Å². The number of hydrogen-bond acceptors (Lipinski definition) is 2. The average Bonchev–Trinajstić information content (AvgIpc) is 3.36. The van der Waals surface area contributed by atoms with Gasteiger partial charge in [-0.05, 0) is 13.3 Å². The Hall–Kier alpha value is -0.0800. The van der Waals surface area contributed by atoms with Crippen LogP contribution >= 0.6 is 0 Å². The van der Waals surface area contributed by atoms with Crippen LogP contribution < -0.4 is 0 Å². The third kappa shape index (κ3) is 12.5. The summed E-state index contributed by atoms with van der Waals surface area (Å²) in [4.78, 5) is 0. The van der Waals surface area contributed by atoms with Crippen LogP contribution in [0.1, 0.15) is 104 Å². The van der Waals surface area contributed by atoms with E-state index in [1.807, 2.05) is 0 Å². The lowest BCUT2D eigenvalue weighted by molar-refractivity contribution is 0.0434. The van der Waals surface area contributed by atoms with Gasteiger partial charge in [0.1, 0.15) is 6.10 Å². The van der Waals surface area contributed by atoms with Gasteiger partial charge in [0.05, 0.1) is 12.7 Å². The van der Waals surface area contributed by atoms with Crippen LogP contribution in [-0.4, -0.2) is 25.4 Å². The van der Waals surface area contributed by atoms with Crippen molar-refractivity contribution >= 4 is 0 Å². The molecule has 0 N–H and O–H groups in total. The Kier molecular flexibility index (Phi) is 13.2. The molecule has 0 unspecified atom stereocenters. The Bertz CT molecular complexity index is 226. The molecule has 22 heavy (non-hydrogen) atoms. The molecule has 1 saturated heterocycles. The van der Waals surface area contributed by atoms with E-state index in [0.29, 0.717) is 12.2 Å². The lowest BCUT2D eigenvalue weighted by Crippen LogP contribution is -2.15. The smallest absolute Gasteiger partial charge is 0.107 e. The highest BCUT2D eigenvalue weighted by Gasteiger charge is 2.29. The highest BCUT2D eigenvalue weighted by Crippen LogP contribution is 2.17. The van der Waals surface area contributed by atoms with Gasteiger partial charge in [-0.3, -0.25) is 0 Å². The zero-order valence-electron chi connectivity index (χ0n) is 15.3. The van der Waals surface area contributed by atoms with Gasteiger partial charge in [0.15, 0.2) is 0 Å². The molecular weight excluding hydrogens is 272 g/mol. The molecule has 0 saturated carbocycles. The quantitative estimate of drug-likeness (QED) is 0.233. The fourth-order valence-corrected chi connectivity index (χ4v) is 3.00. The van der Waals surface area contributed by atoms with Crippen LogP contribution in [0, 0.1) is 0 Å². The summed E-state index contributed by atoms with van der Waals surface area (Å²) in [5.74, 6) is 0. The molecule has 0 aliphatic carbocycles. The number of hydrogen-bond donors (Lipinski definition) is 0. The van der Waals surface area contributed by atoms with Gasteiger partial charge >= 0.3 is 0 Å². The largest absolute Gasteiger partial charge is 0.376 e. The summed E-state index contributed by atoms with van der Waals surface area (Å²) in [7, 11) is 0. The Morgan fingerprint density at radius 1 is 0.773 bits per heavy atom. The summed E-state index contributed by atoms with van der Waals surface area (Å²) in [5.41, 5.74) is 0. The molecule has 0 amide bonds. The van der Waals surface area contributed by atoms with Crippen molar-refractivity contribution in [2.24, 2.45) is 0 Å². The van der Waals surface area contributed by atoms with Crippen molar-refractivity contribution in [3.63, 3.8) is 0 Å². The highest BCUT2D eigenvalue weighted by molar-refractivity contribution is 4.75. The zero-order chi connectivity index (χ0) is 15.9.